The van der Waals surface area contributed by atoms with Crippen molar-refractivity contribution < 1.29 is 0 Å². The molecule has 6 heteroatoms. The number of nitrogens with zero attached hydrogens (tertiary/aromatic N) is 3. The Morgan fingerprint density at radius 2 is 2.29 bits per heavy atom. The van der Waals surface area contributed by atoms with Gasteiger partial charge in [0.2, 0.25) is 0 Å². The van der Waals surface area contributed by atoms with Gasteiger partial charge in [-0.2, -0.15) is 5.10 Å². The van der Waals surface area contributed by atoms with Crippen LogP contribution in [0.4, 0.5) is 0 Å². The van der Waals surface area contributed by atoms with Gasteiger partial charge in [-0.25, -0.2) is 4.98 Å². The summed E-state index contributed by atoms with van der Waals surface area (Å²) in [7, 11) is 1.87. The fourth-order valence-corrected chi connectivity index (χ4v) is 2.67. The zero-order valence-corrected chi connectivity index (χ0v) is 13.0. The van der Waals surface area contributed by atoms with Crippen molar-refractivity contribution in [2.45, 2.75) is 12.5 Å². The van der Waals surface area contributed by atoms with Gasteiger partial charge in [0, 0.05) is 27.6 Å². The number of rotatable bonds is 3. The Morgan fingerprint density at radius 1 is 1.53 bits per heavy atom. The van der Waals surface area contributed by atoms with E-state index in [1.165, 1.54) is 3.57 Å². The molecule has 1 atom stereocenters. The minimum Gasteiger partial charge on any atom is -0.324 e. The van der Waals surface area contributed by atoms with Gasteiger partial charge in [-0.15, -0.1) is 0 Å². The lowest BCUT2D eigenvalue weighted by Crippen LogP contribution is -2.16. The van der Waals surface area contributed by atoms with E-state index in [-0.39, 0.29) is 6.04 Å². The lowest BCUT2D eigenvalue weighted by atomic mass is 10.0. The average Bonchev–Trinajstić information content (AvgIpc) is 2.68. The second-order valence-electron chi connectivity index (χ2n) is 3.78. The Balaban J connectivity index is 2.23. The van der Waals surface area contributed by atoms with Crippen LogP contribution in [0.25, 0.3) is 0 Å². The van der Waals surface area contributed by atoms with E-state index < -0.39 is 0 Å². The minimum atomic E-state index is -0.0815. The van der Waals surface area contributed by atoms with Crippen LogP contribution in [0.15, 0.2) is 29.0 Å². The van der Waals surface area contributed by atoms with E-state index >= 15 is 0 Å². The second kappa shape index (κ2) is 5.45. The van der Waals surface area contributed by atoms with Gasteiger partial charge in [0.1, 0.15) is 12.2 Å². The maximum atomic E-state index is 6.21. The summed E-state index contributed by atoms with van der Waals surface area (Å²) in [6.45, 7) is 0. The Kier molecular flexibility index (Phi) is 4.16. The number of hydrogen-bond acceptors (Lipinski definition) is 3. The molecule has 0 saturated heterocycles. The second-order valence-corrected chi connectivity index (χ2v) is 5.88. The molecule has 4 nitrogen and oxygen atoms in total. The van der Waals surface area contributed by atoms with Crippen LogP contribution in [-0.2, 0) is 13.5 Å². The highest BCUT2D eigenvalue weighted by Gasteiger charge is 2.13. The summed E-state index contributed by atoms with van der Waals surface area (Å²) in [5.74, 6) is 0.892. The largest absolute Gasteiger partial charge is 0.324 e. The maximum Gasteiger partial charge on any atom is 0.138 e. The van der Waals surface area contributed by atoms with E-state index in [9.17, 15) is 0 Å². The first-order chi connectivity index (χ1) is 8.08. The lowest BCUT2D eigenvalue weighted by Gasteiger charge is -2.13. The standard InChI is InChI=1S/C11H12BrIN4/c1-17-11(15-6-16-17)5-10(14)8-4-7(13)2-3-9(8)12/h2-4,6,10H,5,14H2,1H3. The quantitative estimate of drug-likeness (QED) is 0.796. The molecule has 2 N–H and O–H groups in total. The summed E-state index contributed by atoms with van der Waals surface area (Å²) in [5, 5.41) is 4.04. The van der Waals surface area contributed by atoms with Crippen molar-refractivity contribution in [3.05, 3.63) is 44.0 Å². The van der Waals surface area contributed by atoms with Gasteiger partial charge in [0.15, 0.2) is 0 Å². The monoisotopic (exact) mass is 406 g/mol. The number of hydrogen-bond donors (Lipinski definition) is 1. The summed E-state index contributed by atoms with van der Waals surface area (Å²) >= 11 is 5.81. The molecule has 1 aromatic carbocycles. The van der Waals surface area contributed by atoms with Crippen molar-refractivity contribution in [1.29, 1.82) is 0 Å². The zero-order valence-electron chi connectivity index (χ0n) is 9.27. The first-order valence-electron chi connectivity index (χ1n) is 5.11. The molecule has 1 heterocycles. The highest BCUT2D eigenvalue weighted by Crippen LogP contribution is 2.25. The third-order valence-electron chi connectivity index (χ3n) is 2.57. The maximum absolute atomic E-state index is 6.21. The van der Waals surface area contributed by atoms with Crippen LogP contribution in [0.5, 0.6) is 0 Å². The van der Waals surface area contributed by atoms with Crippen LogP contribution in [0.3, 0.4) is 0 Å². The molecule has 0 spiro atoms. The van der Waals surface area contributed by atoms with Crippen molar-refractivity contribution in [3.63, 3.8) is 0 Å². The molecule has 2 rings (SSSR count). The minimum absolute atomic E-state index is 0.0815. The first-order valence-corrected chi connectivity index (χ1v) is 6.98. The summed E-state index contributed by atoms with van der Waals surface area (Å²) in [5.41, 5.74) is 7.31. The van der Waals surface area contributed by atoms with Crippen LogP contribution >= 0.6 is 38.5 Å². The molecule has 0 fully saturated rings. The van der Waals surface area contributed by atoms with E-state index in [2.05, 4.69) is 54.7 Å². The number of aromatic nitrogens is 3. The Labute approximate surface area is 122 Å². The molecule has 1 aromatic heterocycles. The predicted octanol–water partition coefficient (Wildman–Crippen LogP) is 2.42. The third-order valence-corrected chi connectivity index (χ3v) is 3.96. The molecule has 0 aliphatic carbocycles. The molecule has 0 aliphatic rings. The van der Waals surface area contributed by atoms with Crippen molar-refractivity contribution in [3.8, 4) is 0 Å². The molecule has 0 saturated carbocycles. The predicted molar refractivity (Wildman–Crippen MR) is 78.5 cm³/mol. The molecule has 0 aliphatic heterocycles. The Bertz CT molecular complexity index is 526. The topological polar surface area (TPSA) is 56.7 Å². The molecule has 90 valence electrons. The normalized spacial score (nSPS) is 12.7. The SMILES string of the molecule is Cn1ncnc1CC(N)c1cc(I)ccc1Br. The molecule has 0 radical (unpaired) electrons. The number of aryl methyl sites for hydroxylation is 1. The number of halogens is 2. The molecule has 1 unspecified atom stereocenters. The molecule has 0 bridgehead atoms. The fraction of sp³-hybridized carbons (Fsp3) is 0.273. The summed E-state index contributed by atoms with van der Waals surface area (Å²) < 4.78 is 3.96. The molecule has 2 aromatic rings. The van der Waals surface area contributed by atoms with E-state index in [1.807, 2.05) is 19.2 Å². The van der Waals surface area contributed by atoms with E-state index in [4.69, 9.17) is 5.73 Å². The zero-order chi connectivity index (χ0) is 12.4. The molecule has 17 heavy (non-hydrogen) atoms. The lowest BCUT2D eigenvalue weighted by molar-refractivity contribution is 0.628. The molecule has 0 amide bonds. The van der Waals surface area contributed by atoms with Crippen molar-refractivity contribution in [1.82, 2.24) is 14.8 Å². The third kappa shape index (κ3) is 3.05. The number of nitrogens with two attached hydrogens (primary N) is 1. The van der Waals surface area contributed by atoms with Gasteiger partial charge < -0.3 is 5.73 Å². The van der Waals surface area contributed by atoms with Gasteiger partial charge in [-0.3, -0.25) is 4.68 Å². The van der Waals surface area contributed by atoms with Crippen LogP contribution < -0.4 is 5.73 Å². The Hall–Kier alpha value is -0.470. The van der Waals surface area contributed by atoms with Crippen LogP contribution in [0.1, 0.15) is 17.4 Å². The molecular formula is C11H12BrIN4. The highest BCUT2D eigenvalue weighted by atomic mass is 127. The van der Waals surface area contributed by atoms with Crippen LogP contribution in [0, 0.1) is 3.57 Å². The van der Waals surface area contributed by atoms with Crippen molar-refractivity contribution >= 4 is 38.5 Å². The van der Waals surface area contributed by atoms with E-state index in [0.717, 1.165) is 15.9 Å². The van der Waals surface area contributed by atoms with Crippen LogP contribution in [0.2, 0.25) is 0 Å². The van der Waals surface area contributed by atoms with Gasteiger partial charge in [0.05, 0.1) is 0 Å². The summed E-state index contributed by atoms with van der Waals surface area (Å²) in [4.78, 5) is 4.19. The van der Waals surface area contributed by atoms with Crippen molar-refractivity contribution in [2.24, 2.45) is 12.8 Å². The van der Waals surface area contributed by atoms with Crippen LogP contribution in [-0.4, -0.2) is 14.8 Å². The van der Waals surface area contributed by atoms with E-state index in [0.29, 0.717) is 6.42 Å². The Morgan fingerprint density at radius 3 is 2.94 bits per heavy atom. The smallest absolute Gasteiger partial charge is 0.138 e. The first kappa shape index (κ1) is 13.0. The van der Waals surface area contributed by atoms with Gasteiger partial charge in [-0.1, -0.05) is 15.9 Å². The highest BCUT2D eigenvalue weighted by molar-refractivity contribution is 14.1. The van der Waals surface area contributed by atoms with Gasteiger partial charge in [0.25, 0.3) is 0 Å². The molecular weight excluding hydrogens is 395 g/mol. The summed E-state index contributed by atoms with van der Waals surface area (Å²) in [6, 6.07) is 6.07. The van der Waals surface area contributed by atoms with Gasteiger partial charge in [-0.05, 0) is 46.4 Å². The average molecular weight is 407 g/mol. The number of benzene rings is 1. The fourth-order valence-electron chi connectivity index (χ4n) is 1.61. The van der Waals surface area contributed by atoms with E-state index in [1.54, 1.807) is 11.0 Å². The summed E-state index contributed by atoms with van der Waals surface area (Å²) in [6.07, 6.45) is 2.22. The van der Waals surface area contributed by atoms with Gasteiger partial charge >= 0.3 is 0 Å². The van der Waals surface area contributed by atoms with Crippen molar-refractivity contribution in [2.75, 3.05) is 0 Å².